The number of ether oxygens (including phenoxy) is 1. The molecule has 0 saturated heterocycles. The summed E-state index contributed by atoms with van der Waals surface area (Å²) in [6.45, 7) is 1.59. The molecule has 1 aromatic carbocycles. The molecule has 1 aromatic rings. The van der Waals surface area contributed by atoms with E-state index in [1.54, 1.807) is 6.92 Å². The molecule has 0 aromatic heterocycles. The molecule has 0 amide bonds. The minimum atomic E-state index is -2.69. The summed E-state index contributed by atoms with van der Waals surface area (Å²) < 4.78 is 30.4. The lowest BCUT2D eigenvalue weighted by molar-refractivity contribution is 0.0978. The molecule has 1 atom stereocenters. The van der Waals surface area contributed by atoms with E-state index in [1.165, 1.54) is 25.3 Å². The number of benzene rings is 1. The Morgan fingerprint density at radius 1 is 1.44 bits per heavy atom. The van der Waals surface area contributed by atoms with E-state index in [0.29, 0.717) is 0 Å². The van der Waals surface area contributed by atoms with Gasteiger partial charge in [-0.1, -0.05) is 28.1 Å². The topological polar surface area (TPSA) is 26.3 Å². The number of halogens is 3. The standard InChI is InChI=1S/C11H11BrF2O2/c1-6(12)10(15)9-7(11(13)14)4-3-5-8(9)16-2/h3-6,11H,1-2H3. The van der Waals surface area contributed by atoms with Gasteiger partial charge in [0.05, 0.1) is 17.5 Å². The first kappa shape index (κ1) is 13.1. The van der Waals surface area contributed by atoms with Gasteiger partial charge in [-0.3, -0.25) is 4.79 Å². The minimum Gasteiger partial charge on any atom is -0.496 e. The summed E-state index contributed by atoms with van der Waals surface area (Å²) in [5, 5.41) is 0. The molecule has 88 valence electrons. The fourth-order valence-electron chi connectivity index (χ4n) is 1.36. The molecule has 2 nitrogen and oxygen atoms in total. The van der Waals surface area contributed by atoms with Crippen LogP contribution in [0.3, 0.4) is 0 Å². The van der Waals surface area contributed by atoms with E-state index >= 15 is 0 Å². The highest BCUT2D eigenvalue weighted by molar-refractivity contribution is 9.10. The molecule has 0 aliphatic rings. The van der Waals surface area contributed by atoms with Gasteiger partial charge in [-0.2, -0.15) is 0 Å². The average molecular weight is 293 g/mol. The van der Waals surface area contributed by atoms with Crippen molar-refractivity contribution in [3.8, 4) is 5.75 Å². The van der Waals surface area contributed by atoms with Crippen molar-refractivity contribution in [2.75, 3.05) is 7.11 Å². The predicted molar refractivity (Wildman–Crippen MR) is 60.7 cm³/mol. The second-order valence-electron chi connectivity index (χ2n) is 3.21. The van der Waals surface area contributed by atoms with Crippen LogP contribution in [0.2, 0.25) is 0 Å². The number of carbonyl (C=O) groups excluding carboxylic acids is 1. The number of carbonyl (C=O) groups is 1. The highest BCUT2D eigenvalue weighted by Crippen LogP contribution is 2.31. The van der Waals surface area contributed by atoms with Gasteiger partial charge in [-0.05, 0) is 13.0 Å². The molecular weight excluding hydrogens is 282 g/mol. The van der Waals surface area contributed by atoms with Crippen molar-refractivity contribution >= 4 is 21.7 Å². The maximum atomic E-state index is 12.7. The highest BCUT2D eigenvalue weighted by Gasteiger charge is 2.24. The normalized spacial score (nSPS) is 12.6. The van der Waals surface area contributed by atoms with Crippen LogP contribution in [0.15, 0.2) is 18.2 Å². The van der Waals surface area contributed by atoms with Crippen LogP contribution in [0.5, 0.6) is 5.75 Å². The molecule has 0 fully saturated rings. The Labute approximate surface area is 101 Å². The lowest BCUT2D eigenvalue weighted by Gasteiger charge is -2.13. The van der Waals surface area contributed by atoms with Crippen LogP contribution in [-0.4, -0.2) is 17.7 Å². The van der Waals surface area contributed by atoms with Gasteiger partial charge >= 0.3 is 0 Å². The molecule has 0 bridgehead atoms. The highest BCUT2D eigenvalue weighted by atomic mass is 79.9. The number of ketones is 1. The number of rotatable bonds is 4. The van der Waals surface area contributed by atoms with Gasteiger partial charge in [0.25, 0.3) is 6.43 Å². The van der Waals surface area contributed by atoms with Gasteiger partial charge in [0.1, 0.15) is 5.75 Å². The van der Waals surface area contributed by atoms with Gasteiger partial charge in [0.15, 0.2) is 5.78 Å². The molecule has 1 unspecified atom stereocenters. The molecule has 0 N–H and O–H groups in total. The average Bonchev–Trinajstić information content (AvgIpc) is 2.26. The minimum absolute atomic E-state index is 0.0515. The fourth-order valence-corrected chi connectivity index (χ4v) is 1.59. The molecule has 0 aliphatic carbocycles. The molecule has 0 aliphatic heterocycles. The SMILES string of the molecule is COc1cccc(C(F)F)c1C(=O)C(C)Br. The number of hydrogen-bond acceptors (Lipinski definition) is 2. The van der Waals surface area contributed by atoms with Gasteiger partial charge in [-0.15, -0.1) is 0 Å². The molecule has 0 heterocycles. The van der Waals surface area contributed by atoms with Crippen molar-refractivity contribution in [3.05, 3.63) is 29.3 Å². The fraction of sp³-hybridized carbons (Fsp3) is 0.364. The van der Waals surface area contributed by atoms with Gasteiger partial charge in [0.2, 0.25) is 0 Å². The van der Waals surface area contributed by atoms with Crippen LogP contribution in [0.4, 0.5) is 8.78 Å². The Morgan fingerprint density at radius 3 is 2.50 bits per heavy atom. The molecule has 1 rings (SSSR count). The first-order valence-corrected chi connectivity index (χ1v) is 5.54. The second kappa shape index (κ2) is 5.39. The van der Waals surface area contributed by atoms with Crippen molar-refractivity contribution in [2.24, 2.45) is 0 Å². The van der Waals surface area contributed by atoms with E-state index in [0.717, 1.165) is 0 Å². The number of Topliss-reactive ketones (excluding diaryl/α,β-unsaturated/α-hetero) is 1. The van der Waals surface area contributed by atoms with Gasteiger partial charge in [-0.25, -0.2) is 8.78 Å². The number of methoxy groups -OCH3 is 1. The third-order valence-electron chi connectivity index (χ3n) is 2.12. The summed E-state index contributed by atoms with van der Waals surface area (Å²) in [6, 6.07) is 4.17. The van der Waals surface area contributed by atoms with Gasteiger partial charge in [0, 0.05) is 5.56 Å². The van der Waals surface area contributed by atoms with Crippen LogP contribution >= 0.6 is 15.9 Å². The van der Waals surface area contributed by atoms with E-state index < -0.39 is 17.0 Å². The third kappa shape index (κ3) is 2.58. The van der Waals surface area contributed by atoms with Crippen molar-refractivity contribution in [1.29, 1.82) is 0 Å². The zero-order valence-corrected chi connectivity index (χ0v) is 10.4. The van der Waals surface area contributed by atoms with Crippen LogP contribution in [0, 0.1) is 0 Å². The molecule has 16 heavy (non-hydrogen) atoms. The second-order valence-corrected chi connectivity index (χ2v) is 4.58. The lowest BCUT2D eigenvalue weighted by atomic mass is 10.0. The molecular formula is C11H11BrF2O2. The summed E-state index contributed by atoms with van der Waals surface area (Å²) in [7, 11) is 1.35. The number of alkyl halides is 3. The zero-order chi connectivity index (χ0) is 12.3. The zero-order valence-electron chi connectivity index (χ0n) is 8.84. The summed E-state index contributed by atoms with van der Waals surface area (Å²) in [5.41, 5.74) is -0.347. The maximum Gasteiger partial charge on any atom is 0.264 e. The van der Waals surface area contributed by atoms with E-state index in [-0.39, 0.29) is 16.9 Å². The van der Waals surface area contributed by atoms with E-state index in [1.807, 2.05) is 0 Å². The Bertz CT molecular complexity index is 392. The Morgan fingerprint density at radius 2 is 2.06 bits per heavy atom. The van der Waals surface area contributed by atoms with E-state index in [4.69, 9.17) is 4.74 Å². The Balaban J connectivity index is 3.36. The Hall–Kier alpha value is -0.970. The predicted octanol–water partition coefficient (Wildman–Crippen LogP) is 3.60. The summed E-state index contributed by atoms with van der Waals surface area (Å²) in [6.07, 6.45) is -2.69. The Kier molecular flexibility index (Phi) is 4.41. The quantitative estimate of drug-likeness (QED) is 0.626. The third-order valence-corrected chi connectivity index (χ3v) is 2.54. The maximum absolute atomic E-state index is 12.7. The van der Waals surface area contributed by atoms with E-state index in [9.17, 15) is 13.6 Å². The van der Waals surface area contributed by atoms with Crippen molar-refractivity contribution in [1.82, 2.24) is 0 Å². The van der Waals surface area contributed by atoms with Crippen LogP contribution in [-0.2, 0) is 0 Å². The molecule has 0 saturated carbocycles. The van der Waals surface area contributed by atoms with Crippen LogP contribution in [0.25, 0.3) is 0 Å². The first-order chi connectivity index (χ1) is 7.49. The summed E-state index contributed by atoms with van der Waals surface area (Å²) in [5.74, 6) is -0.234. The molecule has 5 heteroatoms. The lowest BCUT2D eigenvalue weighted by Crippen LogP contribution is -2.14. The largest absolute Gasteiger partial charge is 0.496 e. The monoisotopic (exact) mass is 292 g/mol. The smallest absolute Gasteiger partial charge is 0.264 e. The molecule has 0 radical (unpaired) electrons. The van der Waals surface area contributed by atoms with E-state index in [2.05, 4.69) is 15.9 Å². The van der Waals surface area contributed by atoms with Crippen LogP contribution < -0.4 is 4.74 Å². The molecule has 0 spiro atoms. The van der Waals surface area contributed by atoms with Crippen molar-refractivity contribution < 1.29 is 18.3 Å². The first-order valence-electron chi connectivity index (χ1n) is 4.62. The van der Waals surface area contributed by atoms with Crippen molar-refractivity contribution in [2.45, 2.75) is 18.2 Å². The van der Waals surface area contributed by atoms with Gasteiger partial charge < -0.3 is 4.74 Å². The summed E-state index contributed by atoms with van der Waals surface area (Å²) in [4.78, 5) is 11.3. The summed E-state index contributed by atoms with van der Waals surface area (Å²) >= 11 is 3.07. The van der Waals surface area contributed by atoms with Crippen molar-refractivity contribution in [3.63, 3.8) is 0 Å². The van der Waals surface area contributed by atoms with Crippen LogP contribution in [0.1, 0.15) is 29.3 Å². The number of hydrogen-bond donors (Lipinski definition) is 0.